The molecule has 1 fully saturated rings. The van der Waals surface area contributed by atoms with Crippen LogP contribution in [0.15, 0.2) is 30.5 Å². The predicted molar refractivity (Wildman–Crippen MR) is 138 cm³/mol. The molecule has 194 valence electrons. The number of hydrogen-bond donors (Lipinski definition) is 5. The van der Waals surface area contributed by atoms with E-state index in [0.29, 0.717) is 13.0 Å². The fourth-order valence-electron chi connectivity index (χ4n) is 4.60. The molecule has 0 saturated carbocycles. The Bertz CT molecular complexity index is 993. The number of halogens is 1. The minimum absolute atomic E-state index is 0. The maximum atomic E-state index is 13.3. The van der Waals surface area contributed by atoms with Gasteiger partial charge in [0.1, 0.15) is 12.1 Å². The molecule has 0 bridgehead atoms. The van der Waals surface area contributed by atoms with E-state index in [9.17, 15) is 19.5 Å². The number of amides is 3. The molecule has 9 nitrogen and oxygen atoms in total. The molecule has 2 unspecified atom stereocenters. The first-order valence-electron chi connectivity index (χ1n) is 12.2. The second kappa shape index (κ2) is 13.5. The minimum Gasteiger partial charge on any atom is -0.390 e. The van der Waals surface area contributed by atoms with Gasteiger partial charge >= 0.3 is 0 Å². The Morgan fingerprint density at radius 2 is 1.94 bits per heavy atom. The zero-order valence-corrected chi connectivity index (χ0v) is 21.3. The number of nitrogens with two attached hydrogens (primary N) is 1. The van der Waals surface area contributed by atoms with Gasteiger partial charge in [0.15, 0.2) is 0 Å². The number of likely N-dealkylation sites (tertiary alicyclic amines) is 1. The van der Waals surface area contributed by atoms with Crippen LogP contribution in [0.5, 0.6) is 0 Å². The van der Waals surface area contributed by atoms with Crippen molar-refractivity contribution in [3.63, 3.8) is 0 Å². The molecule has 3 amide bonds. The molecule has 0 aliphatic carbocycles. The van der Waals surface area contributed by atoms with Gasteiger partial charge in [-0.3, -0.25) is 14.4 Å². The van der Waals surface area contributed by atoms with Gasteiger partial charge in [-0.15, -0.1) is 12.4 Å². The molecule has 1 aliphatic rings. The quantitative estimate of drug-likeness (QED) is 0.313. The van der Waals surface area contributed by atoms with Crippen molar-refractivity contribution < 1.29 is 19.5 Å². The minimum atomic E-state index is -0.864. The van der Waals surface area contributed by atoms with Gasteiger partial charge in [0.2, 0.25) is 17.7 Å². The van der Waals surface area contributed by atoms with Crippen molar-refractivity contribution in [2.45, 2.75) is 64.1 Å². The number of aromatic nitrogens is 1. The summed E-state index contributed by atoms with van der Waals surface area (Å²) in [5.74, 6) is -0.819. The molecule has 1 saturated heterocycles. The van der Waals surface area contributed by atoms with E-state index in [1.54, 1.807) is 4.90 Å². The van der Waals surface area contributed by atoms with E-state index in [4.69, 9.17) is 5.73 Å². The fraction of sp³-hybridized carbons (Fsp3) is 0.560. The highest BCUT2D eigenvalue weighted by Gasteiger charge is 2.37. The normalized spacial score (nSPS) is 17.2. The molecule has 3 atom stereocenters. The number of carbonyl (C=O) groups is 3. The number of nitrogens with one attached hydrogen (secondary N) is 3. The maximum absolute atomic E-state index is 13.3. The van der Waals surface area contributed by atoms with E-state index in [1.165, 1.54) is 0 Å². The Morgan fingerprint density at radius 1 is 1.23 bits per heavy atom. The van der Waals surface area contributed by atoms with E-state index in [2.05, 4.69) is 15.6 Å². The van der Waals surface area contributed by atoms with Crippen molar-refractivity contribution in [1.82, 2.24) is 20.5 Å². The van der Waals surface area contributed by atoms with Gasteiger partial charge in [-0.2, -0.15) is 0 Å². The molecule has 10 heteroatoms. The summed E-state index contributed by atoms with van der Waals surface area (Å²) in [5, 5.41) is 16.3. The summed E-state index contributed by atoms with van der Waals surface area (Å²) < 4.78 is 0. The molecule has 1 aromatic heterocycles. The zero-order valence-electron chi connectivity index (χ0n) is 20.5. The predicted octanol–water partition coefficient (Wildman–Crippen LogP) is 1.48. The fourth-order valence-corrected chi connectivity index (χ4v) is 4.60. The zero-order chi connectivity index (χ0) is 24.7. The van der Waals surface area contributed by atoms with Crippen molar-refractivity contribution in [2.75, 3.05) is 19.6 Å². The monoisotopic (exact) mass is 507 g/mol. The maximum Gasteiger partial charge on any atom is 0.243 e. The topological polar surface area (TPSA) is 141 Å². The Morgan fingerprint density at radius 3 is 2.63 bits per heavy atom. The van der Waals surface area contributed by atoms with Crippen LogP contribution in [0.25, 0.3) is 10.9 Å². The number of hydrogen-bond acceptors (Lipinski definition) is 5. The summed E-state index contributed by atoms with van der Waals surface area (Å²) in [5.41, 5.74) is 7.29. The van der Waals surface area contributed by atoms with Gasteiger partial charge in [0, 0.05) is 49.1 Å². The lowest BCUT2D eigenvalue weighted by molar-refractivity contribution is -0.142. The van der Waals surface area contributed by atoms with Crippen LogP contribution in [-0.2, 0) is 20.8 Å². The van der Waals surface area contributed by atoms with Crippen LogP contribution < -0.4 is 16.4 Å². The molecule has 1 aromatic carbocycles. The first kappa shape index (κ1) is 28.6. The van der Waals surface area contributed by atoms with Gasteiger partial charge in [0.05, 0.1) is 6.10 Å². The van der Waals surface area contributed by atoms with E-state index in [-0.39, 0.29) is 49.6 Å². The van der Waals surface area contributed by atoms with E-state index in [0.717, 1.165) is 35.7 Å². The SMILES string of the molecule is CCC(CC)C(=O)N1CCCC1C(=O)N[C@H](Cc1c[nH]c2ccccc12)C(=O)NCC(O)CN.Cl. The van der Waals surface area contributed by atoms with E-state index >= 15 is 0 Å². The second-order valence-corrected chi connectivity index (χ2v) is 8.96. The van der Waals surface area contributed by atoms with E-state index < -0.39 is 24.1 Å². The van der Waals surface area contributed by atoms with Gasteiger partial charge in [-0.25, -0.2) is 0 Å². The lowest BCUT2D eigenvalue weighted by Crippen LogP contribution is -2.55. The number of aliphatic hydroxyl groups excluding tert-OH is 1. The smallest absolute Gasteiger partial charge is 0.243 e. The Hall–Kier alpha value is -2.62. The highest BCUT2D eigenvalue weighted by Crippen LogP contribution is 2.23. The molecule has 2 aromatic rings. The molecular weight excluding hydrogens is 470 g/mol. The average molecular weight is 508 g/mol. The summed E-state index contributed by atoms with van der Waals surface area (Å²) >= 11 is 0. The number of carbonyl (C=O) groups excluding carboxylic acids is 3. The van der Waals surface area contributed by atoms with Crippen LogP contribution in [0.1, 0.15) is 45.1 Å². The van der Waals surface area contributed by atoms with E-state index in [1.807, 2.05) is 44.3 Å². The van der Waals surface area contributed by atoms with Crippen LogP contribution in [0, 0.1) is 5.92 Å². The third-order valence-electron chi connectivity index (χ3n) is 6.69. The molecule has 35 heavy (non-hydrogen) atoms. The second-order valence-electron chi connectivity index (χ2n) is 8.96. The number of H-pyrrole nitrogens is 1. The molecule has 0 spiro atoms. The average Bonchev–Trinajstić information content (AvgIpc) is 3.50. The van der Waals surface area contributed by atoms with Crippen LogP contribution in [-0.4, -0.2) is 70.5 Å². The van der Waals surface area contributed by atoms with Crippen LogP contribution in [0.3, 0.4) is 0 Å². The summed E-state index contributed by atoms with van der Waals surface area (Å²) in [6.07, 6.45) is 4.04. The first-order valence-corrected chi connectivity index (χ1v) is 12.2. The number of nitrogens with zero attached hydrogens (tertiary/aromatic N) is 1. The third kappa shape index (κ3) is 6.96. The lowest BCUT2D eigenvalue weighted by Gasteiger charge is -2.29. The standard InChI is InChI=1S/C25H37N5O4.ClH/c1-3-16(4-2)25(34)30-11-7-10-22(30)24(33)29-21(23(32)28-15-18(31)13-26)12-17-14-27-20-9-6-5-8-19(17)20;/h5-6,8-9,14,16,18,21-22,27,31H,3-4,7,10-13,15,26H2,1-2H3,(H,28,32)(H,29,33);1H/t18?,21-,22?;/m1./s1. The van der Waals surface area contributed by atoms with Crippen molar-refractivity contribution in [2.24, 2.45) is 11.7 Å². The number of fused-ring (bicyclic) bond motifs is 1. The van der Waals surface area contributed by atoms with Gasteiger partial charge < -0.3 is 31.4 Å². The first-order chi connectivity index (χ1) is 16.4. The Kier molecular flexibility index (Phi) is 11.0. The van der Waals surface area contributed by atoms with Gasteiger partial charge in [-0.1, -0.05) is 32.0 Å². The third-order valence-corrected chi connectivity index (χ3v) is 6.69. The summed E-state index contributed by atoms with van der Waals surface area (Å²) in [6, 6.07) is 6.31. The van der Waals surface area contributed by atoms with Crippen LogP contribution in [0.2, 0.25) is 0 Å². The van der Waals surface area contributed by atoms with Crippen molar-refractivity contribution in [3.8, 4) is 0 Å². The number of aromatic amines is 1. The molecule has 1 aliphatic heterocycles. The molecular formula is C25H38ClN5O4. The number of benzene rings is 1. The molecule has 6 N–H and O–H groups in total. The van der Waals surface area contributed by atoms with Crippen molar-refractivity contribution in [1.29, 1.82) is 0 Å². The highest BCUT2D eigenvalue weighted by molar-refractivity contribution is 5.93. The Labute approximate surface area is 212 Å². The summed E-state index contributed by atoms with van der Waals surface area (Å²) in [4.78, 5) is 44.2. The summed E-state index contributed by atoms with van der Waals surface area (Å²) in [7, 11) is 0. The van der Waals surface area contributed by atoms with Crippen LogP contribution in [0.4, 0.5) is 0 Å². The van der Waals surface area contributed by atoms with Gasteiger partial charge in [0.25, 0.3) is 0 Å². The van der Waals surface area contributed by atoms with Crippen molar-refractivity contribution >= 4 is 41.0 Å². The lowest BCUT2D eigenvalue weighted by atomic mass is 10.0. The molecule has 0 radical (unpaired) electrons. The number of aliphatic hydroxyl groups is 1. The number of rotatable bonds is 11. The Balaban J connectivity index is 0.00000432. The number of para-hydroxylation sites is 1. The highest BCUT2D eigenvalue weighted by atomic mass is 35.5. The molecule has 3 rings (SSSR count). The van der Waals surface area contributed by atoms with Gasteiger partial charge in [-0.05, 0) is 37.3 Å². The largest absolute Gasteiger partial charge is 0.390 e. The summed E-state index contributed by atoms with van der Waals surface area (Å²) in [6.45, 7) is 4.53. The van der Waals surface area contributed by atoms with Crippen LogP contribution >= 0.6 is 12.4 Å². The van der Waals surface area contributed by atoms with Crippen molar-refractivity contribution in [3.05, 3.63) is 36.0 Å². The molecule has 2 heterocycles.